The molecule has 0 aliphatic heterocycles. The van der Waals surface area contributed by atoms with Crippen LogP contribution in [0, 0.1) is 0 Å². The van der Waals surface area contributed by atoms with E-state index in [-0.39, 0.29) is 6.42 Å². The zero-order valence-corrected chi connectivity index (χ0v) is 11.3. The van der Waals surface area contributed by atoms with Gasteiger partial charge < -0.3 is 9.84 Å². The van der Waals surface area contributed by atoms with Crippen LogP contribution in [0.4, 0.5) is 4.79 Å². The number of benzene rings is 1. The second-order valence-corrected chi connectivity index (χ2v) is 5.15. The maximum absolute atomic E-state index is 11.5. The lowest BCUT2D eigenvalue weighted by molar-refractivity contribution is -0.139. The molecular formula is C14H18NO4. The Balaban J connectivity index is 2.64. The third-order valence-electron chi connectivity index (χ3n) is 2.21. The van der Waals surface area contributed by atoms with E-state index in [0.29, 0.717) is 0 Å². The van der Waals surface area contributed by atoms with E-state index in [1.54, 1.807) is 32.9 Å². The fourth-order valence-electron chi connectivity index (χ4n) is 1.44. The van der Waals surface area contributed by atoms with Gasteiger partial charge in [-0.15, -0.1) is 0 Å². The summed E-state index contributed by atoms with van der Waals surface area (Å²) >= 11 is 0. The number of hydrogen-bond donors (Lipinski definition) is 1. The van der Waals surface area contributed by atoms with Gasteiger partial charge in [0.15, 0.2) is 6.04 Å². The minimum absolute atomic E-state index is 0.162. The van der Waals surface area contributed by atoms with Gasteiger partial charge in [0.2, 0.25) is 0 Å². The van der Waals surface area contributed by atoms with Gasteiger partial charge in [-0.2, -0.15) is 5.32 Å². The number of carbonyl (C=O) groups is 2. The summed E-state index contributed by atoms with van der Waals surface area (Å²) in [4.78, 5) is 22.6. The van der Waals surface area contributed by atoms with Crippen LogP contribution in [0.2, 0.25) is 0 Å². The third-order valence-corrected chi connectivity index (χ3v) is 2.21. The number of rotatable bonds is 4. The summed E-state index contributed by atoms with van der Waals surface area (Å²) in [6.45, 7) is 5.11. The topological polar surface area (TPSA) is 77.7 Å². The first kappa shape index (κ1) is 15.0. The first-order chi connectivity index (χ1) is 8.78. The van der Waals surface area contributed by atoms with E-state index in [4.69, 9.17) is 9.84 Å². The molecule has 1 rings (SSSR count). The first-order valence-electron chi connectivity index (χ1n) is 5.98. The van der Waals surface area contributed by atoms with Gasteiger partial charge in [-0.3, -0.25) is 0 Å². The Morgan fingerprint density at radius 3 is 2.32 bits per heavy atom. The second kappa shape index (κ2) is 6.22. The number of nitrogens with zero attached hydrogens (tertiary/aromatic N) is 1. The molecule has 0 aromatic heterocycles. The van der Waals surface area contributed by atoms with Crippen LogP contribution >= 0.6 is 0 Å². The Labute approximate surface area is 112 Å². The van der Waals surface area contributed by atoms with Crippen molar-refractivity contribution >= 4 is 12.1 Å². The summed E-state index contributed by atoms with van der Waals surface area (Å²) in [5, 5.41) is 12.7. The molecule has 1 amide bonds. The summed E-state index contributed by atoms with van der Waals surface area (Å²) < 4.78 is 4.99. The summed E-state index contributed by atoms with van der Waals surface area (Å²) in [6, 6.07) is 7.91. The average molecular weight is 265 g/mol. The number of aliphatic carboxylic acids is 1. The van der Waals surface area contributed by atoms with Crippen LogP contribution in [0.25, 0.3) is 0 Å². The minimum atomic E-state index is -1.14. The number of carboxylic acids is 1. The van der Waals surface area contributed by atoms with E-state index in [1.807, 2.05) is 18.2 Å². The predicted octanol–water partition coefficient (Wildman–Crippen LogP) is 2.22. The van der Waals surface area contributed by atoms with Crippen LogP contribution in [-0.2, 0) is 16.0 Å². The third kappa shape index (κ3) is 5.90. The highest BCUT2D eigenvalue weighted by atomic mass is 16.6. The van der Waals surface area contributed by atoms with Gasteiger partial charge in [0, 0.05) is 6.42 Å². The van der Waals surface area contributed by atoms with Crippen molar-refractivity contribution in [3.05, 3.63) is 35.9 Å². The van der Waals surface area contributed by atoms with Crippen LogP contribution in [0.1, 0.15) is 26.3 Å². The number of hydrogen-bond acceptors (Lipinski definition) is 3. The molecule has 1 radical (unpaired) electrons. The van der Waals surface area contributed by atoms with E-state index < -0.39 is 23.7 Å². The molecule has 0 spiro atoms. The van der Waals surface area contributed by atoms with E-state index >= 15 is 0 Å². The van der Waals surface area contributed by atoms with Crippen molar-refractivity contribution in [2.75, 3.05) is 0 Å². The molecule has 1 atom stereocenters. The average Bonchev–Trinajstić information content (AvgIpc) is 2.26. The normalized spacial score (nSPS) is 12.6. The monoisotopic (exact) mass is 265 g/mol. The fraction of sp³-hybridized carbons (Fsp3) is 0.429. The Morgan fingerprint density at radius 2 is 1.84 bits per heavy atom. The van der Waals surface area contributed by atoms with E-state index in [2.05, 4.69) is 5.32 Å². The molecule has 5 heteroatoms. The Hall–Kier alpha value is -2.04. The molecule has 1 N–H and O–H groups in total. The first-order valence-corrected chi connectivity index (χ1v) is 5.98. The number of carbonyl (C=O) groups excluding carboxylic acids is 1. The lowest BCUT2D eigenvalue weighted by Crippen LogP contribution is -2.39. The largest absolute Gasteiger partial charge is 0.480 e. The molecule has 5 nitrogen and oxygen atoms in total. The van der Waals surface area contributed by atoms with Gasteiger partial charge in [0.1, 0.15) is 5.60 Å². The Bertz CT molecular complexity index is 437. The predicted molar refractivity (Wildman–Crippen MR) is 69.9 cm³/mol. The highest BCUT2D eigenvalue weighted by molar-refractivity contribution is 5.80. The van der Waals surface area contributed by atoms with E-state index in [0.717, 1.165) is 5.56 Å². The van der Waals surface area contributed by atoms with Crippen LogP contribution in [0.5, 0.6) is 0 Å². The molecule has 19 heavy (non-hydrogen) atoms. The van der Waals surface area contributed by atoms with E-state index in [1.165, 1.54) is 0 Å². The highest BCUT2D eigenvalue weighted by Crippen LogP contribution is 2.09. The molecule has 0 aliphatic carbocycles. The van der Waals surface area contributed by atoms with Crippen molar-refractivity contribution in [3.8, 4) is 0 Å². The molecule has 0 saturated carbocycles. The van der Waals surface area contributed by atoms with Crippen LogP contribution in [0.15, 0.2) is 30.3 Å². The molecular weight excluding hydrogens is 247 g/mol. The molecule has 0 bridgehead atoms. The summed E-state index contributed by atoms with van der Waals surface area (Å²) in [6.07, 6.45) is -0.689. The quantitative estimate of drug-likeness (QED) is 0.847. The van der Waals surface area contributed by atoms with Crippen molar-refractivity contribution in [2.24, 2.45) is 0 Å². The summed E-state index contributed by atoms with van der Waals surface area (Å²) in [5.41, 5.74) is 0.123. The Kier molecular flexibility index (Phi) is 4.92. The van der Waals surface area contributed by atoms with Gasteiger partial charge in [-0.05, 0) is 26.3 Å². The summed E-state index contributed by atoms with van der Waals surface area (Å²) in [7, 11) is 0. The molecule has 103 valence electrons. The van der Waals surface area contributed by atoms with E-state index in [9.17, 15) is 9.59 Å². The van der Waals surface area contributed by atoms with Crippen LogP contribution in [-0.4, -0.2) is 28.8 Å². The molecule has 1 aromatic rings. The van der Waals surface area contributed by atoms with Crippen molar-refractivity contribution in [2.45, 2.75) is 38.8 Å². The minimum Gasteiger partial charge on any atom is -0.480 e. The molecule has 0 saturated heterocycles. The molecule has 0 heterocycles. The fourth-order valence-corrected chi connectivity index (χ4v) is 1.44. The maximum atomic E-state index is 11.5. The van der Waals surface area contributed by atoms with Crippen LogP contribution in [0.3, 0.4) is 0 Å². The van der Waals surface area contributed by atoms with Gasteiger partial charge >= 0.3 is 12.1 Å². The molecule has 1 aromatic carbocycles. The van der Waals surface area contributed by atoms with Gasteiger partial charge in [-0.25, -0.2) is 9.59 Å². The molecule has 0 unspecified atom stereocenters. The lowest BCUT2D eigenvalue weighted by atomic mass is 10.1. The van der Waals surface area contributed by atoms with Gasteiger partial charge in [-0.1, -0.05) is 30.3 Å². The number of amides is 1. The van der Waals surface area contributed by atoms with Crippen molar-refractivity contribution in [1.29, 1.82) is 0 Å². The van der Waals surface area contributed by atoms with Gasteiger partial charge in [0.05, 0.1) is 0 Å². The SMILES string of the molecule is CC(C)(C)OC(=O)[15N][C@H](Cc1ccccc1)C(=O)O. The highest BCUT2D eigenvalue weighted by Gasteiger charge is 2.26. The Morgan fingerprint density at radius 1 is 1.26 bits per heavy atom. The second-order valence-electron chi connectivity index (χ2n) is 5.15. The molecule has 0 fully saturated rings. The van der Waals surface area contributed by atoms with Crippen molar-refractivity contribution in [3.63, 3.8) is 0 Å². The zero-order valence-electron chi connectivity index (χ0n) is 11.3. The standard InChI is InChI=1S/C14H18NO4/c1-14(2,3)19-13(18)15-11(12(16)17)9-10-7-5-4-6-8-10/h4-8,11H,9H2,1-3H3,(H,16,17)/t11-/m1/s1/i15+1. The summed E-state index contributed by atoms with van der Waals surface area (Å²) in [5.74, 6) is -1.14. The zero-order chi connectivity index (χ0) is 14.5. The van der Waals surface area contributed by atoms with Crippen molar-refractivity contribution in [1.82, 2.24) is 5.32 Å². The molecule has 0 aliphatic rings. The lowest BCUT2D eigenvalue weighted by Gasteiger charge is -2.20. The van der Waals surface area contributed by atoms with Crippen molar-refractivity contribution < 1.29 is 19.4 Å². The van der Waals surface area contributed by atoms with Crippen LogP contribution < -0.4 is 5.32 Å². The maximum Gasteiger partial charge on any atom is 0.430 e. The number of ether oxygens (including phenoxy) is 1. The smallest absolute Gasteiger partial charge is 0.430 e. The van der Waals surface area contributed by atoms with Gasteiger partial charge in [0.25, 0.3) is 0 Å². The number of carboxylic acid groups (broad SMARTS) is 1.